The summed E-state index contributed by atoms with van der Waals surface area (Å²) in [6, 6.07) is 9.88. The Hall–Kier alpha value is -2.01. The molecule has 4 nitrogen and oxygen atoms in total. The maximum Gasteiger partial charge on any atom is 0.129 e. The number of nitrogens with two attached hydrogens (primary N) is 1. The third kappa shape index (κ3) is 2.06. The lowest BCUT2D eigenvalue weighted by atomic mass is 10.0. The first-order valence-electron chi connectivity index (χ1n) is 5.78. The summed E-state index contributed by atoms with van der Waals surface area (Å²) >= 11 is 3.43. The molecule has 0 aliphatic carbocycles. The molecule has 0 aliphatic heterocycles. The van der Waals surface area contributed by atoms with E-state index in [2.05, 4.69) is 21.0 Å². The summed E-state index contributed by atoms with van der Waals surface area (Å²) in [5.74, 6) is 0.638. The number of furan rings is 1. The van der Waals surface area contributed by atoms with E-state index in [-0.39, 0.29) is 0 Å². The Morgan fingerprint density at radius 3 is 2.53 bits per heavy atom. The quantitative estimate of drug-likeness (QED) is 0.784. The lowest BCUT2D eigenvalue weighted by Gasteiger charge is -2.03. The van der Waals surface area contributed by atoms with Gasteiger partial charge in [0, 0.05) is 17.1 Å². The lowest BCUT2D eigenvalue weighted by Crippen LogP contribution is -1.97. The number of anilines is 1. The average Bonchev–Trinajstić information content (AvgIpc) is 3.01. The molecule has 2 N–H and O–H groups in total. The van der Waals surface area contributed by atoms with Crippen LogP contribution in [0.5, 0.6) is 0 Å². The van der Waals surface area contributed by atoms with Crippen molar-refractivity contribution in [3.8, 4) is 22.4 Å². The molecule has 2 heterocycles. The van der Waals surface area contributed by atoms with Gasteiger partial charge in [0.25, 0.3) is 0 Å². The highest BCUT2D eigenvalue weighted by molar-refractivity contribution is 9.10. The van der Waals surface area contributed by atoms with Gasteiger partial charge in [-0.2, -0.15) is 5.10 Å². The number of hydrogen-bond donors (Lipinski definition) is 1. The summed E-state index contributed by atoms with van der Waals surface area (Å²) in [6.45, 7) is 0. The Balaban J connectivity index is 2.22. The molecular weight excluding hydrogens is 306 g/mol. The van der Waals surface area contributed by atoms with Crippen LogP contribution in [-0.4, -0.2) is 9.78 Å². The van der Waals surface area contributed by atoms with Crippen molar-refractivity contribution in [2.45, 2.75) is 0 Å². The lowest BCUT2D eigenvalue weighted by molar-refractivity contribution is 0.568. The van der Waals surface area contributed by atoms with Crippen LogP contribution in [0.1, 0.15) is 0 Å². The molecule has 0 radical (unpaired) electrons. The van der Waals surface area contributed by atoms with Crippen molar-refractivity contribution in [2.75, 3.05) is 5.73 Å². The molecule has 0 spiro atoms. The third-order valence-corrected chi connectivity index (χ3v) is 3.55. The number of aryl methyl sites for hydroxylation is 1. The molecule has 5 heteroatoms. The minimum atomic E-state index is 0.638. The van der Waals surface area contributed by atoms with Gasteiger partial charge in [-0.25, -0.2) is 0 Å². The first-order valence-corrected chi connectivity index (χ1v) is 6.57. The van der Waals surface area contributed by atoms with Crippen LogP contribution in [0.2, 0.25) is 0 Å². The van der Waals surface area contributed by atoms with Crippen LogP contribution in [0.3, 0.4) is 0 Å². The molecule has 2 aromatic heterocycles. The topological polar surface area (TPSA) is 57.0 Å². The highest BCUT2D eigenvalue weighted by Crippen LogP contribution is 2.36. The van der Waals surface area contributed by atoms with E-state index < -0.39 is 0 Å². The zero-order valence-corrected chi connectivity index (χ0v) is 11.9. The van der Waals surface area contributed by atoms with E-state index in [0.717, 1.165) is 26.9 Å². The standard InChI is InChI=1S/C14H12BrN3O/c1-18-14(16)12(9-2-4-11(15)5-3-9)13(17-18)10-6-7-19-8-10/h2-8H,16H2,1H3. The molecule has 0 unspecified atom stereocenters. The van der Waals surface area contributed by atoms with Crippen LogP contribution in [0.15, 0.2) is 51.7 Å². The molecule has 0 saturated heterocycles. The van der Waals surface area contributed by atoms with Gasteiger partial charge in [-0.1, -0.05) is 28.1 Å². The number of benzene rings is 1. The Kier molecular flexibility index (Phi) is 2.91. The molecule has 0 amide bonds. The number of nitrogen functional groups attached to an aromatic ring is 1. The number of nitrogens with zero attached hydrogens (tertiary/aromatic N) is 2. The summed E-state index contributed by atoms with van der Waals surface area (Å²) in [6.07, 6.45) is 3.30. The fraction of sp³-hybridized carbons (Fsp3) is 0.0714. The van der Waals surface area contributed by atoms with Crippen LogP contribution in [-0.2, 0) is 7.05 Å². The van der Waals surface area contributed by atoms with Crippen LogP contribution < -0.4 is 5.73 Å². The van der Waals surface area contributed by atoms with E-state index in [1.165, 1.54) is 0 Å². The van der Waals surface area contributed by atoms with Gasteiger partial charge in [0.1, 0.15) is 11.5 Å². The van der Waals surface area contributed by atoms with Crippen LogP contribution in [0.4, 0.5) is 5.82 Å². The van der Waals surface area contributed by atoms with Crippen LogP contribution in [0, 0.1) is 0 Å². The zero-order valence-electron chi connectivity index (χ0n) is 10.3. The van der Waals surface area contributed by atoms with Gasteiger partial charge in [-0.15, -0.1) is 0 Å². The maximum atomic E-state index is 6.14. The number of rotatable bonds is 2. The highest BCUT2D eigenvalue weighted by atomic mass is 79.9. The predicted molar refractivity (Wildman–Crippen MR) is 78.5 cm³/mol. The highest BCUT2D eigenvalue weighted by Gasteiger charge is 2.17. The average molecular weight is 318 g/mol. The van der Waals surface area contributed by atoms with Crippen molar-refractivity contribution in [2.24, 2.45) is 7.05 Å². The van der Waals surface area contributed by atoms with E-state index in [9.17, 15) is 0 Å². The number of aromatic nitrogens is 2. The maximum absolute atomic E-state index is 6.14. The summed E-state index contributed by atoms with van der Waals surface area (Å²) in [5.41, 5.74) is 9.85. The van der Waals surface area contributed by atoms with Crippen LogP contribution in [0.25, 0.3) is 22.4 Å². The molecule has 0 saturated carbocycles. The van der Waals surface area contributed by atoms with E-state index >= 15 is 0 Å². The summed E-state index contributed by atoms with van der Waals surface area (Å²) in [7, 11) is 1.83. The monoisotopic (exact) mass is 317 g/mol. The molecule has 3 aromatic rings. The van der Waals surface area contributed by atoms with Gasteiger partial charge in [-0.3, -0.25) is 4.68 Å². The number of halogens is 1. The van der Waals surface area contributed by atoms with Crippen molar-refractivity contribution >= 4 is 21.7 Å². The minimum absolute atomic E-state index is 0.638. The van der Waals surface area contributed by atoms with Crippen LogP contribution >= 0.6 is 15.9 Å². The van der Waals surface area contributed by atoms with Crippen molar-refractivity contribution in [3.05, 3.63) is 47.3 Å². The molecule has 0 aliphatic rings. The molecule has 1 aromatic carbocycles. The van der Waals surface area contributed by atoms with Crippen molar-refractivity contribution in [1.29, 1.82) is 0 Å². The first-order chi connectivity index (χ1) is 9.16. The second-order valence-corrected chi connectivity index (χ2v) is 5.17. The van der Waals surface area contributed by atoms with E-state index in [1.807, 2.05) is 37.4 Å². The van der Waals surface area contributed by atoms with Gasteiger partial charge in [-0.05, 0) is 23.8 Å². The summed E-state index contributed by atoms with van der Waals surface area (Å²) in [4.78, 5) is 0. The molecule has 19 heavy (non-hydrogen) atoms. The normalized spacial score (nSPS) is 10.8. The molecule has 96 valence electrons. The van der Waals surface area contributed by atoms with E-state index in [0.29, 0.717) is 5.82 Å². The first kappa shape index (κ1) is 12.0. The largest absolute Gasteiger partial charge is 0.472 e. The van der Waals surface area contributed by atoms with Gasteiger partial charge < -0.3 is 10.2 Å². The molecular formula is C14H12BrN3O. The molecule has 0 fully saturated rings. The Bertz CT molecular complexity index is 699. The van der Waals surface area contributed by atoms with Gasteiger partial charge in [0.15, 0.2) is 0 Å². The fourth-order valence-electron chi connectivity index (χ4n) is 2.04. The number of hydrogen-bond acceptors (Lipinski definition) is 3. The van der Waals surface area contributed by atoms with Crippen molar-refractivity contribution < 1.29 is 4.42 Å². The second-order valence-electron chi connectivity index (χ2n) is 4.25. The Labute approximate surface area is 119 Å². The van der Waals surface area contributed by atoms with E-state index in [4.69, 9.17) is 10.2 Å². The Morgan fingerprint density at radius 1 is 1.16 bits per heavy atom. The molecule has 0 atom stereocenters. The second kappa shape index (κ2) is 4.59. The Morgan fingerprint density at radius 2 is 1.89 bits per heavy atom. The minimum Gasteiger partial charge on any atom is -0.472 e. The summed E-state index contributed by atoms with van der Waals surface area (Å²) < 4.78 is 7.84. The van der Waals surface area contributed by atoms with Crippen molar-refractivity contribution in [1.82, 2.24) is 9.78 Å². The van der Waals surface area contributed by atoms with Gasteiger partial charge in [0.2, 0.25) is 0 Å². The van der Waals surface area contributed by atoms with Crippen molar-refractivity contribution in [3.63, 3.8) is 0 Å². The fourth-order valence-corrected chi connectivity index (χ4v) is 2.30. The SMILES string of the molecule is Cn1nc(-c2ccoc2)c(-c2ccc(Br)cc2)c1N. The zero-order chi connectivity index (χ0) is 13.4. The third-order valence-electron chi connectivity index (χ3n) is 3.02. The van der Waals surface area contributed by atoms with Gasteiger partial charge >= 0.3 is 0 Å². The molecule has 0 bridgehead atoms. The smallest absolute Gasteiger partial charge is 0.129 e. The van der Waals surface area contributed by atoms with E-state index in [1.54, 1.807) is 17.2 Å². The summed E-state index contributed by atoms with van der Waals surface area (Å²) in [5, 5.41) is 4.47. The predicted octanol–water partition coefficient (Wildman–Crippen LogP) is 3.69. The van der Waals surface area contributed by atoms with Gasteiger partial charge in [0.05, 0.1) is 18.1 Å². The molecule has 3 rings (SSSR count).